The van der Waals surface area contributed by atoms with Crippen LogP contribution in [0.5, 0.6) is 0 Å². The van der Waals surface area contributed by atoms with Gasteiger partial charge in [-0.15, -0.1) is 0 Å². The van der Waals surface area contributed by atoms with Crippen molar-refractivity contribution in [3.8, 4) is 0 Å². The highest BCUT2D eigenvalue weighted by Gasteiger charge is 2.24. The summed E-state index contributed by atoms with van der Waals surface area (Å²) < 4.78 is 5.86. The van der Waals surface area contributed by atoms with E-state index in [1.165, 1.54) is 38.5 Å². The standard InChI is InChI=1S/C54H87NO5/c1-4-7-10-13-16-19-21-23-24-25-26-27-28-30-32-35-38-41-44-47-54(59)60-50(45-42-39-36-34-31-29-22-20-17-14-11-8-5-2)48-53(58)55-51(49-56)52(57)46-43-40-37-33-18-15-12-9-6-3/h7-8,10-11,14,16-17,19-20,22-24,26-27,29-32,34,36,50-52,56-57H,4-6,9,12-13,15,18,21,25,28,33,35,37-49H2,1-3H3,(H,55,58)/b10-7-,11-8+,17-14+,19-16-,22-20-,24-23-,27-26-,31-29-,32-30-,36-34+. The lowest BCUT2D eigenvalue weighted by atomic mass is 10.0. The summed E-state index contributed by atoms with van der Waals surface area (Å²) in [4.78, 5) is 26.0. The van der Waals surface area contributed by atoms with E-state index < -0.39 is 18.2 Å². The molecule has 0 heterocycles. The molecular weight excluding hydrogens is 743 g/mol. The number of allylic oxidation sites excluding steroid dienone is 20. The fourth-order valence-corrected chi connectivity index (χ4v) is 6.36. The molecule has 6 heteroatoms. The molecule has 3 atom stereocenters. The number of rotatable bonds is 40. The SMILES string of the molecule is CC/C=C\C/C=C\C/C=C\C/C=C\C/C=C\CCCCCC(=O)OC(CCC/C=C/C=C\C=C/C=C/C=C/CC)CC(=O)NC(CO)C(O)CCCCCCCCCCC. The van der Waals surface area contributed by atoms with Crippen molar-refractivity contribution in [2.75, 3.05) is 6.61 Å². The van der Waals surface area contributed by atoms with Crippen molar-refractivity contribution < 1.29 is 24.5 Å². The number of amides is 1. The van der Waals surface area contributed by atoms with Crippen LogP contribution in [0, 0.1) is 0 Å². The van der Waals surface area contributed by atoms with Gasteiger partial charge in [0.2, 0.25) is 5.91 Å². The van der Waals surface area contributed by atoms with Gasteiger partial charge in [-0.2, -0.15) is 0 Å². The predicted octanol–water partition coefficient (Wildman–Crippen LogP) is 14.1. The fraction of sp³-hybridized carbons (Fsp3) is 0.593. The summed E-state index contributed by atoms with van der Waals surface area (Å²) in [5.74, 6) is -0.601. The third kappa shape index (κ3) is 41.0. The molecule has 1 amide bonds. The van der Waals surface area contributed by atoms with Gasteiger partial charge < -0.3 is 20.3 Å². The average molecular weight is 830 g/mol. The van der Waals surface area contributed by atoms with E-state index in [4.69, 9.17) is 4.74 Å². The van der Waals surface area contributed by atoms with Gasteiger partial charge in [-0.3, -0.25) is 9.59 Å². The molecule has 0 rings (SSSR count). The Kier molecular flexibility index (Phi) is 43.4. The van der Waals surface area contributed by atoms with E-state index in [0.29, 0.717) is 19.3 Å². The van der Waals surface area contributed by atoms with Crippen LogP contribution in [0.3, 0.4) is 0 Å². The summed E-state index contributed by atoms with van der Waals surface area (Å²) in [6, 6.07) is -0.738. The monoisotopic (exact) mass is 830 g/mol. The Morgan fingerprint density at radius 1 is 0.517 bits per heavy atom. The highest BCUT2D eigenvalue weighted by atomic mass is 16.5. The zero-order valence-electron chi connectivity index (χ0n) is 38.3. The summed E-state index contributed by atoms with van der Waals surface area (Å²) in [6.45, 7) is 6.15. The molecule has 0 aromatic carbocycles. The molecular formula is C54H87NO5. The minimum Gasteiger partial charge on any atom is -0.462 e. The van der Waals surface area contributed by atoms with Crippen LogP contribution in [0.4, 0.5) is 0 Å². The second-order valence-corrected chi connectivity index (χ2v) is 15.5. The first-order valence-electron chi connectivity index (χ1n) is 23.8. The van der Waals surface area contributed by atoms with Crippen molar-refractivity contribution in [3.05, 3.63) is 122 Å². The van der Waals surface area contributed by atoms with Crippen LogP contribution in [0.25, 0.3) is 0 Å². The van der Waals surface area contributed by atoms with Crippen LogP contribution in [0.15, 0.2) is 122 Å². The highest BCUT2D eigenvalue weighted by molar-refractivity contribution is 5.77. The number of nitrogens with one attached hydrogen (secondary N) is 1. The van der Waals surface area contributed by atoms with E-state index >= 15 is 0 Å². The van der Waals surface area contributed by atoms with Gasteiger partial charge in [0.05, 0.1) is 25.2 Å². The molecule has 0 radical (unpaired) electrons. The van der Waals surface area contributed by atoms with Crippen molar-refractivity contribution in [1.82, 2.24) is 5.32 Å². The third-order valence-corrected chi connectivity index (χ3v) is 9.91. The largest absolute Gasteiger partial charge is 0.462 e. The minimum atomic E-state index is -0.818. The summed E-state index contributed by atoms with van der Waals surface area (Å²) in [6.07, 6.45) is 64.1. The van der Waals surface area contributed by atoms with Crippen molar-refractivity contribution in [2.45, 2.75) is 200 Å². The van der Waals surface area contributed by atoms with Crippen LogP contribution in [0.2, 0.25) is 0 Å². The third-order valence-electron chi connectivity index (χ3n) is 9.91. The molecule has 6 nitrogen and oxygen atoms in total. The molecule has 0 aromatic rings. The molecule has 0 fully saturated rings. The predicted molar refractivity (Wildman–Crippen MR) is 259 cm³/mol. The number of carbonyl (C=O) groups is 2. The van der Waals surface area contributed by atoms with Gasteiger partial charge >= 0.3 is 5.97 Å². The zero-order chi connectivity index (χ0) is 43.8. The quantitative estimate of drug-likeness (QED) is 0.0247. The second-order valence-electron chi connectivity index (χ2n) is 15.5. The molecule has 0 aliphatic heterocycles. The Bertz CT molecular complexity index is 1300. The number of unbranched alkanes of at least 4 members (excludes halogenated alkanes) is 12. The van der Waals surface area contributed by atoms with E-state index in [2.05, 4.69) is 99.0 Å². The molecule has 338 valence electrons. The molecule has 0 saturated heterocycles. The fourth-order valence-electron chi connectivity index (χ4n) is 6.36. The maximum atomic E-state index is 13.1. The first-order chi connectivity index (χ1) is 29.5. The Morgan fingerprint density at radius 3 is 1.57 bits per heavy atom. The second kappa shape index (κ2) is 46.3. The van der Waals surface area contributed by atoms with Crippen molar-refractivity contribution in [2.24, 2.45) is 0 Å². The summed E-state index contributed by atoms with van der Waals surface area (Å²) >= 11 is 0. The first-order valence-corrected chi connectivity index (χ1v) is 23.8. The van der Waals surface area contributed by atoms with Crippen molar-refractivity contribution >= 4 is 11.9 Å². The van der Waals surface area contributed by atoms with E-state index in [9.17, 15) is 19.8 Å². The number of hydrogen-bond donors (Lipinski definition) is 3. The van der Waals surface area contributed by atoms with Gasteiger partial charge in [-0.05, 0) is 83.5 Å². The molecule has 3 unspecified atom stereocenters. The van der Waals surface area contributed by atoms with Gasteiger partial charge in [-0.25, -0.2) is 0 Å². The van der Waals surface area contributed by atoms with Crippen LogP contribution >= 0.6 is 0 Å². The lowest BCUT2D eigenvalue weighted by Gasteiger charge is -2.24. The smallest absolute Gasteiger partial charge is 0.306 e. The highest BCUT2D eigenvalue weighted by Crippen LogP contribution is 2.15. The van der Waals surface area contributed by atoms with Crippen molar-refractivity contribution in [1.29, 1.82) is 0 Å². The van der Waals surface area contributed by atoms with Crippen LogP contribution in [-0.4, -0.2) is 46.9 Å². The molecule has 0 saturated carbocycles. The Balaban J connectivity index is 4.77. The first kappa shape index (κ1) is 56.3. The number of esters is 1. The van der Waals surface area contributed by atoms with Gasteiger partial charge in [-0.1, -0.05) is 206 Å². The maximum absolute atomic E-state index is 13.1. The Hall–Kier alpha value is -3.74. The van der Waals surface area contributed by atoms with E-state index in [-0.39, 0.29) is 24.9 Å². The molecule has 3 N–H and O–H groups in total. The topological polar surface area (TPSA) is 95.9 Å². The van der Waals surface area contributed by atoms with Crippen LogP contribution in [0.1, 0.15) is 181 Å². The number of ether oxygens (including phenoxy) is 1. The molecule has 0 aromatic heterocycles. The molecule has 0 aliphatic carbocycles. The minimum absolute atomic E-state index is 0.00639. The molecule has 0 aliphatic rings. The van der Waals surface area contributed by atoms with Crippen molar-refractivity contribution in [3.63, 3.8) is 0 Å². The van der Waals surface area contributed by atoms with Gasteiger partial charge in [0, 0.05) is 6.42 Å². The zero-order valence-corrected chi connectivity index (χ0v) is 38.3. The van der Waals surface area contributed by atoms with Gasteiger partial charge in [0.1, 0.15) is 6.10 Å². The molecule has 0 bridgehead atoms. The Morgan fingerprint density at radius 2 is 1.00 bits per heavy atom. The van der Waals surface area contributed by atoms with Gasteiger partial charge in [0.25, 0.3) is 0 Å². The normalized spacial score (nSPS) is 14.4. The van der Waals surface area contributed by atoms with E-state index in [0.717, 1.165) is 96.3 Å². The summed E-state index contributed by atoms with van der Waals surface area (Å²) in [5.41, 5.74) is 0. The lowest BCUT2D eigenvalue weighted by molar-refractivity contribution is -0.151. The van der Waals surface area contributed by atoms with Gasteiger partial charge in [0.15, 0.2) is 0 Å². The molecule has 0 spiro atoms. The number of aliphatic hydroxyl groups is 2. The summed E-state index contributed by atoms with van der Waals surface area (Å²) in [5, 5.41) is 23.6. The van der Waals surface area contributed by atoms with E-state index in [1.807, 2.05) is 48.6 Å². The summed E-state index contributed by atoms with van der Waals surface area (Å²) in [7, 11) is 0. The lowest BCUT2D eigenvalue weighted by Crippen LogP contribution is -2.46. The maximum Gasteiger partial charge on any atom is 0.306 e. The average Bonchev–Trinajstić information content (AvgIpc) is 3.24. The van der Waals surface area contributed by atoms with Crippen LogP contribution < -0.4 is 5.32 Å². The number of hydrogen-bond acceptors (Lipinski definition) is 5. The molecule has 60 heavy (non-hydrogen) atoms. The number of aliphatic hydroxyl groups excluding tert-OH is 2. The number of carbonyl (C=O) groups excluding carboxylic acids is 2. The Labute approximate surface area is 368 Å². The van der Waals surface area contributed by atoms with Crippen LogP contribution in [-0.2, 0) is 14.3 Å². The van der Waals surface area contributed by atoms with E-state index in [1.54, 1.807) is 0 Å².